The Balaban J connectivity index is 1.36. The molecule has 0 radical (unpaired) electrons. The van der Waals surface area contributed by atoms with E-state index in [0.717, 1.165) is 31.0 Å². The van der Waals surface area contributed by atoms with E-state index in [-0.39, 0.29) is 11.7 Å². The highest BCUT2D eigenvalue weighted by atomic mass is 19.1. The summed E-state index contributed by atoms with van der Waals surface area (Å²) >= 11 is 0. The summed E-state index contributed by atoms with van der Waals surface area (Å²) in [5, 5.41) is 5.47. The summed E-state index contributed by atoms with van der Waals surface area (Å²) in [4.78, 5) is 14.9. The van der Waals surface area contributed by atoms with Crippen LogP contribution in [0.2, 0.25) is 0 Å². The van der Waals surface area contributed by atoms with E-state index >= 15 is 0 Å². The van der Waals surface area contributed by atoms with Crippen molar-refractivity contribution in [3.63, 3.8) is 0 Å². The lowest BCUT2D eigenvalue weighted by atomic mass is 9.81. The van der Waals surface area contributed by atoms with Crippen molar-refractivity contribution >= 4 is 11.7 Å². The molecule has 0 aromatic heterocycles. The maximum atomic E-state index is 13.6. The van der Waals surface area contributed by atoms with Gasteiger partial charge in [0.25, 0.3) is 0 Å². The number of rotatable bonds is 3. The molecule has 1 saturated carbocycles. The predicted octanol–water partition coefficient (Wildman–Crippen LogP) is 3.63. The number of urea groups is 1. The van der Waals surface area contributed by atoms with E-state index in [2.05, 4.69) is 15.5 Å². The second-order valence-corrected chi connectivity index (χ2v) is 7.31. The average Bonchev–Trinajstić information content (AvgIpc) is 3.34. The molecule has 0 spiro atoms. The molecule has 2 N–H and O–H groups in total. The zero-order chi connectivity index (χ0) is 16.7. The quantitative estimate of drug-likeness (QED) is 0.886. The number of nitrogens with zero attached hydrogens (tertiary/aromatic N) is 1. The highest BCUT2D eigenvalue weighted by molar-refractivity contribution is 5.89. The second-order valence-electron chi connectivity index (χ2n) is 7.31. The predicted molar refractivity (Wildman–Crippen MR) is 87.8 cm³/mol. The Morgan fingerprint density at radius 3 is 2.38 bits per heavy atom. The molecule has 3 fully saturated rings. The smallest absolute Gasteiger partial charge is 0.319 e. The molecular formula is C18H23F2N3O. The van der Waals surface area contributed by atoms with Gasteiger partial charge in [-0.3, -0.25) is 4.90 Å². The third-order valence-corrected chi connectivity index (χ3v) is 5.51. The Morgan fingerprint density at radius 1 is 1.04 bits per heavy atom. The van der Waals surface area contributed by atoms with Gasteiger partial charge in [-0.2, -0.15) is 0 Å². The number of anilines is 1. The number of hydrogen-bond donors (Lipinski definition) is 2. The van der Waals surface area contributed by atoms with E-state index in [1.165, 1.54) is 38.2 Å². The van der Waals surface area contributed by atoms with Crippen LogP contribution < -0.4 is 10.6 Å². The molecule has 4 nitrogen and oxygen atoms in total. The van der Waals surface area contributed by atoms with Gasteiger partial charge in [-0.1, -0.05) is 6.42 Å². The van der Waals surface area contributed by atoms with Crippen molar-refractivity contribution in [3.05, 3.63) is 29.8 Å². The SMILES string of the molecule is O=C(Nc1ccc(F)cc1F)NC1CC2CCCC(C1)N2C1CC1. The number of hydrogen-bond acceptors (Lipinski definition) is 2. The van der Waals surface area contributed by atoms with Crippen LogP contribution in [0, 0.1) is 11.6 Å². The van der Waals surface area contributed by atoms with Gasteiger partial charge in [0, 0.05) is 30.2 Å². The second kappa shape index (κ2) is 6.31. The minimum Gasteiger partial charge on any atom is -0.335 e. The van der Waals surface area contributed by atoms with Gasteiger partial charge in [0.15, 0.2) is 0 Å². The maximum absolute atomic E-state index is 13.6. The van der Waals surface area contributed by atoms with Crippen LogP contribution in [-0.4, -0.2) is 35.1 Å². The van der Waals surface area contributed by atoms with Crippen LogP contribution in [0.3, 0.4) is 0 Å². The highest BCUT2D eigenvalue weighted by Crippen LogP contribution is 2.41. The molecule has 130 valence electrons. The number of carbonyl (C=O) groups is 1. The standard InChI is InChI=1S/C18H23F2N3O/c19-11-4-7-17(16(20)8-11)22-18(24)21-12-9-14-2-1-3-15(10-12)23(14)13-5-6-13/h4,7-8,12-15H,1-3,5-6,9-10H2,(H2,21,22,24). The Kier molecular flexibility index (Phi) is 4.16. The molecule has 2 saturated heterocycles. The van der Waals surface area contributed by atoms with E-state index in [9.17, 15) is 13.6 Å². The Hall–Kier alpha value is -1.69. The van der Waals surface area contributed by atoms with Crippen LogP contribution in [0.15, 0.2) is 18.2 Å². The molecule has 2 bridgehead atoms. The van der Waals surface area contributed by atoms with Crippen LogP contribution in [0.1, 0.15) is 44.9 Å². The van der Waals surface area contributed by atoms with E-state index in [0.29, 0.717) is 12.1 Å². The molecule has 1 aromatic carbocycles. The van der Waals surface area contributed by atoms with Gasteiger partial charge in [0.05, 0.1) is 5.69 Å². The van der Waals surface area contributed by atoms with Crippen LogP contribution in [0.5, 0.6) is 0 Å². The molecule has 1 aromatic rings. The van der Waals surface area contributed by atoms with Gasteiger partial charge in [-0.05, 0) is 50.7 Å². The molecule has 2 amide bonds. The summed E-state index contributed by atoms with van der Waals surface area (Å²) in [6.07, 6.45) is 8.25. The van der Waals surface area contributed by atoms with Crippen LogP contribution in [0.25, 0.3) is 0 Å². The molecule has 4 rings (SSSR count). The summed E-state index contributed by atoms with van der Waals surface area (Å²) in [5.41, 5.74) is 0.00418. The summed E-state index contributed by atoms with van der Waals surface area (Å²) in [7, 11) is 0. The van der Waals surface area contributed by atoms with Gasteiger partial charge in [-0.15, -0.1) is 0 Å². The summed E-state index contributed by atoms with van der Waals surface area (Å²) in [5.74, 6) is -1.41. The molecule has 2 atom stereocenters. The van der Waals surface area contributed by atoms with E-state index in [1.54, 1.807) is 0 Å². The molecule has 1 aliphatic carbocycles. The number of benzene rings is 1. The first-order chi connectivity index (χ1) is 11.6. The first-order valence-corrected chi connectivity index (χ1v) is 8.90. The highest BCUT2D eigenvalue weighted by Gasteiger charge is 2.45. The van der Waals surface area contributed by atoms with Gasteiger partial charge in [0.1, 0.15) is 11.6 Å². The molecule has 2 heterocycles. The number of fused-ring (bicyclic) bond motifs is 2. The lowest BCUT2D eigenvalue weighted by Gasteiger charge is -2.49. The number of carbonyl (C=O) groups excluding carboxylic acids is 1. The third kappa shape index (κ3) is 3.24. The van der Waals surface area contributed by atoms with Gasteiger partial charge in [0.2, 0.25) is 0 Å². The number of nitrogens with one attached hydrogen (secondary N) is 2. The van der Waals surface area contributed by atoms with Crippen LogP contribution >= 0.6 is 0 Å². The van der Waals surface area contributed by atoms with E-state index in [1.807, 2.05) is 0 Å². The van der Waals surface area contributed by atoms with Crippen molar-refractivity contribution < 1.29 is 13.6 Å². The van der Waals surface area contributed by atoms with Crippen molar-refractivity contribution in [3.8, 4) is 0 Å². The molecule has 2 aliphatic heterocycles. The van der Waals surface area contributed by atoms with Crippen molar-refractivity contribution in [1.82, 2.24) is 10.2 Å². The summed E-state index contributed by atoms with van der Waals surface area (Å²) in [6, 6.07) is 4.77. The van der Waals surface area contributed by atoms with Gasteiger partial charge < -0.3 is 10.6 Å². The van der Waals surface area contributed by atoms with Crippen molar-refractivity contribution in [1.29, 1.82) is 0 Å². The first kappa shape index (κ1) is 15.8. The molecule has 6 heteroatoms. The fourth-order valence-corrected chi connectivity index (χ4v) is 4.44. The normalized spacial score (nSPS) is 30.0. The average molecular weight is 335 g/mol. The van der Waals surface area contributed by atoms with Gasteiger partial charge >= 0.3 is 6.03 Å². The monoisotopic (exact) mass is 335 g/mol. The third-order valence-electron chi connectivity index (χ3n) is 5.51. The van der Waals surface area contributed by atoms with Gasteiger partial charge in [-0.25, -0.2) is 13.6 Å². The number of piperidine rings is 2. The molecular weight excluding hydrogens is 312 g/mol. The summed E-state index contributed by atoms with van der Waals surface area (Å²) < 4.78 is 26.6. The summed E-state index contributed by atoms with van der Waals surface area (Å²) in [6.45, 7) is 0. The fourth-order valence-electron chi connectivity index (χ4n) is 4.44. The van der Waals surface area contributed by atoms with Crippen molar-refractivity contribution in [2.45, 2.75) is 69.1 Å². The van der Waals surface area contributed by atoms with Crippen molar-refractivity contribution in [2.24, 2.45) is 0 Å². The van der Waals surface area contributed by atoms with Crippen LogP contribution in [-0.2, 0) is 0 Å². The fraction of sp³-hybridized carbons (Fsp3) is 0.611. The van der Waals surface area contributed by atoms with E-state index < -0.39 is 17.7 Å². The zero-order valence-electron chi connectivity index (χ0n) is 13.6. The number of amides is 2. The van der Waals surface area contributed by atoms with Crippen LogP contribution in [0.4, 0.5) is 19.3 Å². The molecule has 2 unspecified atom stereocenters. The first-order valence-electron chi connectivity index (χ1n) is 8.90. The topological polar surface area (TPSA) is 44.4 Å². The zero-order valence-corrected chi connectivity index (χ0v) is 13.6. The Bertz CT molecular complexity index is 621. The Morgan fingerprint density at radius 2 is 1.75 bits per heavy atom. The van der Waals surface area contributed by atoms with E-state index in [4.69, 9.17) is 0 Å². The maximum Gasteiger partial charge on any atom is 0.319 e. The lowest BCUT2D eigenvalue weighted by Crippen LogP contribution is -2.58. The molecule has 3 aliphatic rings. The molecule has 24 heavy (non-hydrogen) atoms. The lowest BCUT2D eigenvalue weighted by molar-refractivity contribution is 0.0198. The minimum absolute atomic E-state index is 0.00418. The largest absolute Gasteiger partial charge is 0.335 e. The Labute approximate surface area is 140 Å². The number of halogens is 2. The van der Waals surface area contributed by atoms with Crippen molar-refractivity contribution in [2.75, 3.05) is 5.32 Å². The minimum atomic E-state index is -0.759.